The standard InChI is InChI=1S/C68H129N2O20P/c1-5-9-13-17-21-25-29-33-37-41-51(72)45-57(76)69-61-65(88-59(78)47-53(74)43-39-35-31-27-23-19-15-11-7-3)63(80)56(86-67(61)81)50-85-68-62(70-58(77)46-52(73)42-38-34-30-26-22-18-14-10-6-2)66(64(55(49-71)87-68)90-91(82,83)84)89-60(79)48-54(75)44-40-36-32-28-24-20-16-12-8-4/h51-56,61-68,71-75,80-81H,5-50H2,1-4H3,(H,69,76)(H,70,77)(H2,82,83,84)/t51-,52-,53-,54-,55-,56-,61-,62-,63-,64?,65-,66-,67+,68-/m1/s1. The zero-order valence-corrected chi connectivity index (χ0v) is 57.5. The molecule has 11 N–H and O–H groups in total. The minimum Gasteiger partial charge on any atom is -0.457 e. The Bertz CT molecular complexity index is 1890. The molecule has 0 radical (unpaired) electrons. The van der Waals surface area contributed by atoms with Gasteiger partial charge in [-0.1, -0.05) is 259 Å². The van der Waals surface area contributed by atoms with Crippen molar-refractivity contribution < 1.29 is 97.5 Å². The van der Waals surface area contributed by atoms with Gasteiger partial charge < -0.3 is 79.9 Å². The summed E-state index contributed by atoms with van der Waals surface area (Å²) in [4.78, 5) is 75.4. The van der Waals surface area contributed by atoms with Crippen molar-refractivity contribution in [2.75, 3.05) is 13.2 Å². The Labute approximate surface area is 546 Å². The number of aliphatic hydroxyl groups excluding tert-OH is 7. The molecule has 2 heterocycles. The molecule has 0 spiro atoms. The third kappa shape index (κ3) is 40.7. The molecule has 0 saturated carbocycles. The van der Waals surface area contributed by atoms with Crippen LogP contribution in [0.3, 0.4) is 0 Å². The molecular formula is C68H129N2O20P. The molecule has 0 aromatic carbocycles. The van der Waals surface area contributed by atoms with Crippen LogP contribution in [0, 0.1) is 0 Å². The lowest BCUT2D eigenvalue weighted by molar-refractivity contribution is -0.298. The molecule has 91 heavy (non-hydrogen) atoms. The Morgan fingerprint density at radius 1 is 0.429 bits per heavy atom. The van der Waals surface area contributed by atoms with E-state index >= 15 is 0 Å². The molecule has 0 aromatic rings. The molecule has 2 saturated heterocycles. The summed E-state index contributed by atoms with van der Waals surface area (Å²) in [5, 5.41) is 83.5. The van der Waals surface area contributed by atoms with Crippen LogP contribution in [0.4, 0.5) is 0 Å². The summed E-state index contributed by atoms with van der Waals surface area (Å²) in [6.45, 7) is 6.87. The van der Waals surface area contributed by atoms with Gasteiger partial charge in [-0.3, -0.25) is 23.7 Å². The van der Waals surface area contributed by atoms with Gasteiger partial charge in [0.1, 0.15) is 36.5 Å². The molecule has 14 atom stereocenters. The maximum atomic E-state index is 14.0. The van der Waals surface area contributed by atoms with Crippen LogP contribution in [-0.4, -0.2) is 168 Å². The van der Waals surface area contributed by atoms with Gasteiger partial charge in [-0.15, -0.1) is 0 Å². The van der Waals surface area contributed by atoms with Gasteiger partial charge in [0.15, 0.2) is 24.8 Å². The van der Waals surface area contributed by atoms with Gasteiger partial charge >= 0.3 is 19.8 Å². The van der Waals surface area contributed by atoms with E-state index in [1.54, 1.807) is 0 Å². The van der Waals surface area contributed by atoms with Crippen LogP contribution in [0.5, 0.6) is 0 Å². The number of phosphoric acid groups is 1. The van der Waals surface area contributed by atoms with E-state index in [9.17, 15) is 69.3 Å². The van der Waals surface area contributed by atoms with Crippen molar-refractivity contribution >= 4 is 31.6 Å². The average molecular weight is 1330 g/mol. The molecule has 0 aliphatic carbocycles. The van der Waals surface area contributed by atoms with E-state index in [4.69, 9.17) is 28.2 Å². The SMILES string of the molecule is CCCCCCCCCCC[C@@H](O)CC(=O)N[C@@H]1[C@@H](OC(=O)C[C@H](O)CCCCCCCCCCC)[C@H](O)[C@@H](CO[C@@H]2O[C@H](CO)C(OP(=O)(O)O)[C@H](OC(=O)C[C@H](O)CCCCCCCCCCC)[C@H]2NC(=O)C[C@H](O)CCCCCCCCCCC)O[C@@H]1O. The lowest BCUT2D eigenvalue weighted by Crippen LogP contribution is -2.68. The highest BCUT2D eigenvalue weighted by Gasteiger charge is 2.54. The fraction of sp³-hybridized carbons (Fsp3) is 0.941. The van der Waals surface area contributed by atoms with E-state index < -0.39 is 150 Å². The van der Waals surface area contributed by atoms with Crippen LogP contribution in [0.2, 0.25) is 0 Å². The number of hydrogen-bond acceptors (Lipinski definition) is 18. The Kier molecular flexibility index (Phi) is 49.1. The van der Waals surface area contributed by atoms with E-state index in [1.807, 2.05) is 0 Å². The van der Waals surface area contributed by atoms with Crippen LogP contribution in [0.15, 0.2) is 0 Å². The second-order valence-corrected chi connectivity index (χ2v) is 27.4. The minimum absolute atomic E-state index is 0.237. The third-order valence-corrected chi connectivity index (χ3v) is 18.1. The molecule has 2 rings (SSSR count). The smallest absolute Gasteiger partial charge is 0.457 e. The van der Waals surface area contributed by atoms with E-state index in [0.29, 0.717) is 38.5 Å². The lowest BCUT2D eigenvalue weighted by Gasteiger charge is -2.46. The highest BCUT2D eigenvalue weighted by atomic mass is 31.2. The Morgan fingerprint density at radius 2 is 0.747 bits per heavy atom. The average Bonchev–Trinajstić information content (AvgIpc) is 1.75. The first kappa shape index (κ1) is 84.7. The lowest BCUT2D eigenvalue weighted by atomic mass is 9.95. The normalized spacial score (nSPS) is 23.3. The van der Waals surface area contributed by atoms with Gasteiger partial charge in [0.2, 0.25) is 11.8 Å². The van der Waals surface area contributed by atoms with Crippen LogP contribution in [-0.2, 0) is 52.0 Å². The third-order valence-electron chi connectivity index (χ3n) is 17.6. The fourth-order valence-electron chi connectivity index (χ4n) is 12.2. The number of carbonyl (C=O) groups is 4. The number of ether oxygens (including phenoxy) is 5. The largest absolute Gasteiger partial charge is 0.470 e. The van der Waals surface area contributed by atoms with Crippen molar-refractivity contribution in [3.05, 3.63) is 0 Å². The van der Waals surface area contributed by atoms with E-state index in [0.717, 1.165) is 128 Å². The molecule has 2 aliphatic rings. The Balaban J connectivity index is 2.41. The van der Waals surface area contributed by atoms with Gasteiger partial charge in [0, 0.05) is 0 Å². The number of hydrogen-bond donors (Lipinski definition) is 11. The van der Waals surface area contributed by atoms with Gasteiger partial charge in [0.25, 0.3) is 0 Å². The highest BCUT2D eigenvalue weighted by Crippen LogP contribution is 2.42. The summed E-state index contributed by atoms with van der Waals surface area (Å²) in [6, 6.07) is -3.36. The fourth-order valence-corrected chi connectivity index (χ4v) is 12.8. The number of aliphatic hydroxyl groups is 7. The van der Waals surface area contributed by atoms with Crippen LogP contribution in [0.1, 0.15) is 310 Å². The van der Waals surface area contributed by atoms with Gasteiger partial charge in [-0.25, -0.2) is 4.57 Å². The number of esters is 2. The van der Waals surface area contributed by atoms with E-state index in [1.165, 1.54) is 77.0 Å². The predicted molar refractivity (Wildman–Crippen MR) is 349 cm³/mol. The van der Waals surface area contributed by atoms with Crippen molar-refractivity contribution in [3.8, 4) is 0 Å². The molecule has 22 nitrogen and oxygen atoms in total. The molecule has 0 aromatic heterocycles. The summed E-state index contributed by atoms with van der Waals surface area (Å²) >= 11 is 0. The van der Waals surface area contributed by atoms with Crippen molar-refractivity contribution in [2.24, 2.45) is 0 Å². The monoisotopic (exact) mass is 1320 g/mol. The van der Waals surface area contributed by atoms with E-state index in [-0.39, 0.29) is 19.3 Å². The molecule has 2 aliphatic heterocycles. The molecule has 1 unspecified atom stereocenters. The second kappa shape index (κ2) is 52.7. The van der Waals surface area contributed by atoms with Crippen molar-refractivity contribution in [3.63, 3.8) is 0 Å². The molecule has 536 valence electrons. The molecular weight excluding hydrogens is 1200 g/mol. The first-order valence-electron chi connectivity index (χ1n) is 36.1. The quantitative estimate of drug-likeness (QED) is 0.0153. The van der Waals surface area contributed by atoms with Crippen molar-refractivity contribution in [2.45, 2.75) is 396 Å². The molecule has 0 bridgehead atoms. The minimum atomic E-state index is -5.50. The summed E-state index contributed by atoms with van der Waals surface area (Å²) in [6.07, 6.45) is 17.4. The molecule has 2 amide bonds. The molecule has 2 fully saturated rings. The summed E-state index contributed by atoms with van der Waals surface area (Å²) in [7, 11) is -5.50. The van der Waals surface area contributed by atoms with Gasteiger partial charge in [-0.2, -0.15) is 0 Å². The Hall–Kier alpha value is -2.41. The number of phosphoric ester groups is 1. The number of unbranched alkanes of at least 4 members (excludes halogenated alkanes) is 32. The molecule has 23 heteroatoms. The zero-order chi connectivity index (χ0) is 67.1. The number of carbonyl (C=O) groups excluding carboxylic acids is 4. The first-order chi connectivity index (χ1) is 43.8. The summed E-state index contributed by atoms with van der Waals surface area (Å²) < 4.78 is 47.4. The second-order valence-electron chi connectivity index (χ2n) is 26.2. The number of nitrogens with one attached hydrogen (secondary N) is 2. The van der Waals surface area contributed by atoms with Crippen LogP contribution < -0.4 is 10.6 Å². The Morgan fingerprint density at radius 3 is 1.09 bits per heavy atom. The zero-order valence-electron chi connectivity index (χ0n) is 56.6. The summed E-state index contributed by atoms with van der Waals surface area (Å²) in [5.74, 6) is -3.59. The maximum Gasteiger partial charge on any atom is 0.470 e. The van der Waals surface area contributed by atoms with Crippen molar-refractivity contribution in [1.29, 1.82) is 0 Å². The van der Waals surface area contributed by atoms with Crippen LogP contribution in [0.25, 0.3) is 0 Å². The highest BCUT2D eigenvalue weighted by molar-refractivity contribution is 7.46. The predicted octanol–water partition coefficient (Wildman–Crippen LogP) is 10.8. The summed E-state index contributed by atoms with van der Waals surface area (Å²) in [5.41, 5.74) is 0. The van der Waals surface area contributed by atoms with E-state index in [2.05, 4.69) is 38.3 Å². The maximum absolute atomic E-state index is 14.0. The number of rotatable bonds is 58. The first-order valence-corrected chi connectivity index (χ1v) is 37.6. The van der Waals surface area contributed by atoms with Crippen molar-refractivity contribution in [1.82, 2.24) is 10.6 Å². The van der Waals surface area contributed by atoms with Crippen LogP contribution >= 0.6 is 7.82 Å². The number of amides is 2. The topological polar surface area (TPSA) is 347 Å². The van der Waals surface area contributed by atoms with Gasteiger partial charge in [0.05, 0.1) is 63.3 Å². The van der Waals surface area contributed by atoms with Gasteiger partial charge in [-0.05, 0) is 25.7 Å².